The highest BCUT2D eigenvalue weighted by molar-refractivity contribution is 6.35. The van der Waals surface area contributed by atoms with E-state index in [0.717, 1.165) is 35.5 Å². The first-order valence-corrected chi connectivity index (χ1v) is 9.63. The molecule has 0 spiro atoms. The first kappa shape index (κ1) is 18.3. The van der Waals surface area contributed by atoms with Gasteiger partial charge in [0.1, 0.15) is 6.61 Å². The zero-order valence-electron chi connectivity index (χ0n) is 14.5. The van der Waals surface area contributed by atoms with Crippen LogP contribution < -0.4 is 9.47 Å². The van der Waals surface area contributed by atoms with Gasteiger partial charge in [-0.05, 0) is 37.0 Å². The smallest absolute Gasteiger partial charge is 0.407 e. The summed E-state index contributed by atoms with van der Waals surface area (Å²) in [5, 5.41) is 10.3. The molecule has 27 heavy (non-hydrogen) atoms. The third-order valence-corrected chi connectivity index (χ3v) is 5.74. The molecule has 0 bridgehead atoms. The number of fused-ring (bicyclic) bond motifs is 1. The van der Waals surface area contributed by atoms with Gasteiger partial charge in [-0.3, -0.25) is 0 Å². The average Bonchev–Trinajstić information content (AvgIpc) is 2.67. The van der Waals surface area contributed by atoms with Gasteiger partial charge in [-0.2, -0.15) is 0 Å². The second-order valence-electron chi connectivity index (χ2n) is 6.80. The van der Waals surface area contributed by atoms with Crippen LogP contribution in [0.25, 0.3) is 0 Å². The van der Waals surface area contributed by atoms with Crippen molar-refractivity contribution in [3.63, 3.8) is 0 Å². The van der Waals surface area contributed by atoms with Gasteiger partial charge < -0.3 is 19.5 Å². The van der Waals surface area contributed by atoms with E-state index in [1.165, 1.54) is 4.90 Å². The fourth-order valence-corrected chi connectivity index (χ4v) is 4.26. The lowest BCUT2D eigenvalue weighted by atomic mass is 9.88. The molecule has 2 heterocycles. The molecule has 1 saturated heterocycles. The van der Waals surface area contributed by atoms with E-state index in [-0.39, 0.29) is 12.0 Å². The van der Waals surface area contributed by atoms with E-state index in [2.05, 4.69) is 0 Å². The van der Waals surface area contributed by atoms with Crippen LogP contribution in [-0.2, 0) is 0 Å². The minimum Gasteiger partial charge on any atom is -0.485 e. The van der Waals surface area contributed by atoms with Crippen molar-refractivity contribution in [1.29, 1.82) is 0 Å². The summed E-state index contributed by atoms with van der Waals surface area (Å²) in [7, 11) is 0. The van der Waals surface area contributed by atoms with E-state index in [9.17, 15) is 4.79 Å². The van der Waals surface area contributed by atoms with Crippen molar-refractivity contribution in [1.82, 2.24) is 4.90 Å². The predicted molar refractivity (Wildman–Crippen MR) is 103 cm³/mol. The molecule has 0 unspecified atom stereocenters. The zero-order chi connectivity index (χ0) is 19.0. The quantitative estimate of drug-likeness (QED) is 0.727. The molecule has 142 valence electrons. The number of piperidine rings is 1. The van der Waals surface area contributed by atoms with Crippen molar-refractivity contribution in [2.75, 3.05) is 19.7 Å². The molecule has 1 N–H and O–H groups in total. The van der Waals surface area contributed by atoms with Gasteiger partial charge in [0.25, 0.3) is 0 Å². The van der Waals surface area contributed by atoms with Gasteiger partial charge in [0.2, 0.25) is 0 Å². The molecular weight excluding hydrogens is 389 g/mol. The van der Waals surface area contributed by atoms with Crippen LogP contribution in [-0.4, -0.2) is 35.8 Å². The lowest BCUT2D eigenvalue weighted by Crippen LogP contribution is -2.37. The van der Waals surface area contributed by atoms with Crippen LogP contribution in [0, 0.1) is 0 Å². The minimum atomic E-state index is -0.861. The Hall–Kier alpha value is -2.11. The van der Waals surface area contributed by atoms with E-state index in [4.69, 9.17) is 37.8 Å². The van der Waals surface area contributed by atoms with Gasteiger partial charge in [0.05, 0.1) is 0 Å². The Morgan fingerprint density at radius 3 is 2.59 bits per heavy atom. The Bertz CT molecular complexity index is 865. The molecule has 0 aliphatic carbocycles. The molecule has 2 aliphatic heterocycles. The van der Waals surface area contributed by atoms with Crippen molar-refractivity contribution >= 4 is 29.3 Å². The highest BCUT2D eigenvalue weighted by Gasteiger charge is 2.31. The third kappa shape index (κ3) is 3.66. The second-order valence-corrected chi connectivity index (χ2v) is 7.65. The van der Waals surface area contributed by atoms with Crippen molar-refractivity contribution in [3.05, 3.63) is 57.6 Å². The van der Waals surface area contributed by atoms with Gasteiger partial charge in [0.15, 0.2) is 17.6 Å². The summed E-state index contributed by atoms with van der Waals surface area (Å²) in [5.74, 6) is 1.68. The standard InChI is InChI=1S/C20H19Cl2NO4/c21-13-4-5-15(16(22)10-13)18-11-26-17-3-1-2-14(19(17)27-18)12-6-8-23(9-7-12)20(24)25/h1-5,10,12,18H,6-9,11H2,(H,24,25)/t18-/m1/s1. The topological polar surface area (TPSA) is 59.0 Å². The van der Waals surface area contributed by atoms with E-state index < -0.39 is 6.09 Å². The third-order valence-electron chi connectivity index (χ3n) is 5.17. The fraction of sp³-hybridized carbons (Fsp3) is 0.350. The van der Waals surface area contributed by atoms with Gasteiger partial charge in [-0.15, -0.1) is 0 Å². The van der Waals surface area contributed by atoms with E-state index in [1.54, 1.807) is 12.1 Å². The lowest BCUT2D eigenvalue weighted by molar-refractivity contribution is 0.0882. The Balaban J connectivity index is 1.59. The van der Waals surface area contributed by atoms with Gasteiger partial charge in [-0.1, -0.05) is 41.4 Å². The number of rotatable bonds is 2. The molecule has 0 saturated carbocycles. The van der Waals surface area contributed by atoms with Gasteiger partial charge >= 0.3 is 6.09 Å². The predicted octanol–water partition coefficient (Wildman–Crippen LogP) is 5.36. The molecule has 0 aromatic heterocycles. The number of carboxylic acid groups (broad SMARTS) is 1. The summed E-state index contributed by atoms with van der Waals surface area (Å²) in [4.78, 5) is 12.6. The number of likely N-dealkylation sites (tertiary alicyclic amines) is 1. The van der Waals surface area contributed by atoms with Crippen LogP contribution in [0.15, 0.2) is 36.4 Å². The average molecular weight is 408 g/mol. The first-order valence-electron chi connectivity index (χ1n) is 8.88. The molecule has 2 aliphatic rings. The van der Waals surface area contributed by atoms with Crippen LogP contribution in [0.5, 0.6) is 11.5 Å². The monoisotopic (exact) mass is 407 g/mol. The maximum Gasteiger partial charge on any atom is 0.407 e. The number of carbonyl (C=O) groups is 1. The number of benzene rings is 2. The molecule has 4 rings (SSSR count). The van der Waals surface area contributed by atoms with Crippen molar-refractivity contribution < 1.29 is 19.4 Å². The summed E-state index contributed by atoms with van der Waals surface area (Å²) < 4.78 is 12.3. The summed E-state index contributed by atoms with van der Waals surface area (Å²) >= 11 is 12.3. The molecule has 2 aromatic carbocycles. The van der Waals surface area contributed by atoms with Crippen LogP contribution in [0.3, 0.4) is 0 Å². The molecule has 1 amide bonds. The minimum absolute atomic E-state index is 0.235. The maximum absolute atomic E-state index is 11.1. The van der Waals surface area contributed by atoms with E-state index in [0.29, 0.717) is 29.7 Å². The molecule has 2 aromatic rings. The number of hydrogen-bond acceptors (Lipinski definition) is 3. The van der Waals surface area contributed by atoms with Crippen LogP contribution in [0.1, 0.15) is 36.0 Å². The van der Waals surface area contributed by atoms with Crippen LogP contribution in [0.2, 0.25) is 10.0 Å². The number of hydrogen-bond donors (Lipinski definition) is 1. The fourth-order valence-electron chi connectivity index (χ4n) is 3.73. The summed E-state index contributed by atoms with van der Waals surface area (Å²) in [6, 6.07) is 11.2. The highest BCUT2D eigenvalue weighted by atomic mass is 35.5. The van der Waals surface area contributed by atoms with Gasteiger partial charge in [-0.25, -0.2) is 4.79 Å². The van der Waals surface area contributed by atoms with Crippen molar-refractivity contribution in [2.24, 2.45) is 0 Å². The number of ether oxygens (including phenoxy) is 2. The number of nitrogens with zero attached hydrogens (tertiary/aromatic N) is 1. The Labute approximate surface area is 167 Å². The summed E-state index contributed by atoms with van der Waals surface area (Å²) in [6.07, 6.45) is 0.347. The molecular formula is C20H19Cl2NO4. The molecule has 1 atom stereocenters. The summed E-state index contributed by atoms with van der Waals surface area (Å²) in [5.41, 5.74) is 1.90. The van der Waals surface area contributed by atoms with Gasteiger partial charge in [0, 0.05) is 34.3 Å². The van der Waals surface area contributed by atoms with Crippen molar-refractivity contribution in [3.8, 4) is 11.5 Å². The lowest BCUT2D eigenvalue weighted by Gasteiger charge is -2.34. The Kier molecular flexibility index (Phi) is 5.06. The van der Waals surface area contributed by atoms with E-state index >= 15 is 0 Å². The SMILES string of the molecule is O=C(O)N1CCC(c2cccc3c2O[C@@H](c2ccc(Cl)cc2Cl)CO3)CC1. The molecule has 5 nitrogen and oxygen atoms in total. The number of amides is 1. The Morgan fingerprint density at radius 2 is 1.89 bits per heavy atom. The number of para-hydroxylation sites is 1. The molecule has 1 fully saturated rings. The highest BCUT2D eigenvalue weighted by Crippen LogP contribution is 2.45. The molecule has 0 radical (unpaired) electrons. The maximum atomic E-state index is 11.1. The van der Waals surface area contributed by atoms with E-state index in [1.807, 2.05) is 24.3 Å². The van der Waals surface area contributed by atoms with Crippen LogP contribution >= 0.6 is 23.2 Å². The molecule has 7 heteroatoms. The zero-order valence-corrected chi connectivity index (χ0v) is 16.0. The largest absolute Gasteiger partial charge is 0.485 e. The second kappa shape index (κ2) is 7.49. The van der Waals surface area contributed by atoms with Crippen molar-refractivity contribution in [2.45, 2.75) is 24.9 Å². The first-order chi connectivity index (χ1) is 13.0. The summed E-state index contributed by atoms with van der Waals surface area (Å²) in [6.45, 7) is 1.42. The van der Waals surface area contributed by atoms with Crippen LogP contribution in [0.4, 0.5) is 4.79 Å². The normalized spacial score (nSPS) is 19.8. The number of halogens is 2. The Morgan fingerprint density at radius 1 is 1.11 bits per heavy atom.